The molecule has 102 valence electrons. The summed E-state index contributed by atoms with van der Waals surface area (Å²) in [5.41, 5.74) is 1.39. The van der Waals surface area contributed by atoms with Crippen molar-refractivity contribution in [3.63, 3.8) is 0 Å². The van der Waals surface area contributed by atoms with Crippen LogP contribution < -0.4 is 5.32 Å². The number of hydrogen-bond donors (Lipinski definition) is 1. The molecular formula is C14H8BrCl2FN2. The number of hydrogen-bond acceptors (Lipinski definition) is 2. The van der Waals surface area contributed by atoms with Crippen molar-refractivity contribution in [2.75, 3.05) is 5.32 Å². The molecule has 0 heterocycles. The van der Waals surface area contributed by atoms with Crippen LogP contribution in [0.5, 0.6) is 0 Å². The van der Waals surface area contributed by atoms with Crippen molar-refractivity contribution in [3.8, 4) is 6.07 Å². The molecule has 1 N–H and O–H groups in total. The highest BCUT2D eigenvalue weighted by Gasteiger charge is 2.09. The lowest BCUT2D eigenvalue weighted by Gasteiger charge is -2.11. The number of rotatable bonds is 3. The number of anilines is 1. The number of nitriles is 1. The summed E-state index contributed by atoms with van der Waals surface area (Å²) in [4.78, 5) is 0. The minimum absolute atomic E-state index is 0.207. The predicted octanol–water partition coefficient (Wildman–Crippen LogP) is 5.38. The van der Waals surface area contributed by atoms with Gasteiger partial charge in [0, 0.05) is 16.6 Å². The molecule has 0 aromatic heterocycles. The van der Waals surface area contributed by atoms with Crippen molar-refractivity contribution in [3.05, 3.63) is 61.8 Å². The Hall–Kier alpha value is -1.28. The van der Waals surface area contributed by atoms with Crippen molar-refractivity contribution in [1.29, 1.82) is 5.26 Å². The van der Waals surface area contributed by atoms with Gasteiger partial charge in [-0.25, -0.2) is 4.39 Å². The molecule has 0 saturated carbocycles. The van der Waals surface area contributed by atoms with Gasteiger partial charge in [-0.05, 0) is 46.3 Å². The van der Waals surface area contributed by atoms with Crippen LogP contribution in [0.3, 0.4) is 0 Å². The van der Waals surface area contributed by atoms with Gasteiger partial charge in [-0.2, -0.15) is 5.26 Å². The summed E-state index contributed by atoms with van der Waals surface area (Å²) in [6, 6.07) is 9.66. The third kappa shape index (κ3) is 3.24. The lowest BCUT2D eigenvalue weighted by atomic mass is 10.1. The maximum Gasteiger partial charge on any atom is 0.128 e. The van der Waals surface area contributed by atoms with Gasteiger partial charge in [0.05, 0.1) is 27.4 Å². The van der Waals surface area contributed by atoms with E-state index in [-0.39, 0.29) is 12.4 Å². The smallest absolute Gasteiger partial charge is 0.128 e. The lowest BCUT2D eigenvalue weighted by molar-refractivity contribution is 0.612. The summed E-state index contributed by atoms with van der Waals surface area (Å²) in [6.45, 7) is 0.207. The maximum atomic E-state index is 13.6. The number of nitrogens with one attached hydrogen (secondary N) is 1. The van der Waals surface area contributed by atoms with E-state index < -0.39 is 0 Å². The van der Waals surface area contributed by atoms with Crippen LogP contribution in [-0.4, -0.2) is 0 Å². The molecule has 0 unspecified atom stereocenters. The van der Waals surface area contributed by atoms with E-state index in [1.54, 1.807) is 12.1 Å². The Kier molecular flexibility index (Phi) is 4.87. The zero-order valence-electron chi connectivity index (χ0n) is 10.1. The summed E-state index contributed by atoms with van der Waals surface area (Å²) < 4.78 is 14.3. The fourth-order valence-electron chi connectivity index (χ4n) is 1.63. The maximum absolute atomic E-state index is 13.6. The predicted molar refractivity (Wildman–Crippen MR) is 82.6 cm³/mol. The Morgan fingerprint density at radius 3 is 2.65 bits per heavy atom. The van der Waals surface area contributed by atoms with Gasteiger partial charge < -0.3 is 5.32 Å². The van der Waals surface area contributed by atoms with Crippen LogP contribution in [0.15, 0.2) is 34.8 Å². The third-order valence-electron chi connectivity index (χ3n) is 2.68. The monoisotopic (exact) mass is 372 g/mol. The van der Waals surface area contributed by atoms with Gasteiger partial charge in [0.2, 0.25) is 0 Å². The van der Waals surface area contributed by atoms with Crippen molar-refractivity contribution in [1.82, 2.24) is 0 Å². The zero-order valence-corrected chi connectivity index (χ0v) is 13.2. The van der Waals surface area contributed by atoms with E-state index in [0.717, 1.165) is 0 Å². The minimum Gasteiger partial charge on any atom is -0.380 e. The van der Waals surface area contributed by atoms with E-state index >= 15 is 0 Å². The van der Waals surface area contributed by atoms with Crippen molar-refractivity contribution >= 4 is 44.8 Å². The fourth-order valence-corrected chi connectivity index (χ4v) is 2.47. The Balaban J connectivity index is 2.21. The molecular weight excluding hydrogens is 366 g/mol. The summed E-state index contributed by atoms with van der Waals surface area (Å²) in [6.07, 6.45) is 0. The van der Waals surface area contributed by atoms with Gasteiger partial charge in [0.25, 0.3) is 0 Å². The molecule has 0 radical (unpaired) electrons. The highest BCUT2D eigenvalue weighted by Crippen LogP contribution is 2.36. The second-order valence-electron chi connectivity index (χ2n) is 3.99. The van der Waals surface area contributed by atoms with Crippen molar-refractivity contribution in [2.45, 2.75) is 6.54 Å². The van der Waals surface area contributed by atoms with Gasteiger partial charge in [-0.1, -0.05) is 23.2 Å². The second kappa shape index (κ2) is 6.45. The van der Waals surface area contributed by atoms with E-state index in [0.29, 0.717) is 31.3 Å². The molecule has 20 heavy (non-hydrogen) atoms. The standard InChI is InChI=1S/C14H8BrCl2FN2/c15-10-2-4-12(14(17)13(10)16)20-7-9-5-8(6-19)1-3-11(9)18/h1-5,20H,7H2. The topological polar surface area (TPSA) is 35.8 Å². The Morgan fingerprint density at radius 1 is 1.20 bits per heavy atom. The van der Waals surface area contributed by atoms with Gasteiger partial charge >= 0.3 is 0 Å². The van der Waals surface area contributed by atoms with Crippen LogP contribution in [0.2, 0.25) is 10.0 Å². The summed E-state index contributed by atoms with van der Waals surface area (Å²) in [7, 11) is 0. The first-order valence-corrected chi connectivity index (χ1v) is 7.13. The van der Waals surface area contributed by atoms with Crippen LogP contribution >= 0.6 is 39.1 Å². The molecule has 0 aliphatic heterocycles. The van der Waals surface area contributed by atoms with Gasteiger partial charge in [-0.3, -0.25) is 0 Å². The number of nitrogens with zero attached hydrogens (tertiary/aromatic N) is 1. The lowest BCUT2D eigenvalue weighted by Crippen LogP contribution is -2.03. The van der Waals surface area contributed by atoms with Crippen LogP contribution in [0.1, 0.15) is 11.1 Å². The highest BCUT2D eigenvalue weighted by molar-refractivity contribution is 9.10. The Morgan fingerprint density at radius 2 is 1.95 bits per heavy atom. The van der Waals surface area contributed by atoms with Crippen LogP contribution in [0, 0.1) is 17.1 Å². The van der Waals surface area contributed by atoms with Crippen LogP contribution in [0.4, 0.5) is 10.1 Å². The normalized spacial score (nSPS) is 10.2. The molecule has 0 amide bonds. The molecule has 0 aliphatic rings. The van der Waals surface area contributed by atoms with Gasteiger partial charge in [0.15, 0.2) is 0 Å². The average molecular weight is 374 g/mol. The molecule has 0 bridgehead atoms. The number of halogens is 4. The Labute approximate surface area is 134 Å². The summed E-state index contributed by atoms with van der Waals surface area (Å²) in [5.74, 6) is -0.379. The molecule has 2 nitrogen and oxygen atoms in total. The van der Waals surface area contributed by atoms with E-state index in [2.05, 4.69) is 21.2 Å². The summed E-state index contributed by atoms with van der Waals surface area (Å²) >= 11 is 15.4. The molecule has 0 aliphatic carbocycles. The van der Waals surface area contributed by atoms with E-state index in [9.17, 15) is 4.39 Å². The molecule has 2 aromatic rings. The fraction of sp³-hybridized carbons (Fsp3) is 0.0714. The van der Waals surface area contributed by atoms with Gasteiger partial charge in [0.1, 0.15) is 5.82 Å². The molecule has 2 aromatic carbocycles. The van der Waals surface area contributed by atoms with Crippen LogP contribution in [-0.2, 0) is 6.54 Å². The van der Waals surface area contributed by atoms with E-state index in [1.807, 2.05) is 6.07 Å². The quantitative estimate of drug-likeness (QED) is 0.733. The highest BCUT2D eigenvalue weighted by atomic mass is 79.9. The average Bonchev–Trinajstić information content (AvgIpc) is 2.45. The molecule has 0 fully saturated rings. The Bertz CT molecular complexity index is 698. The first-order valence-electron chi connectivity index (χ1n) is 5.59. The van der Waals surface area contributed by atoms with E-state index in [4.69, 9.17) is 28.5 Å². The molecule has 0 saturated heterocycles. The van der Waals surface area contributed by atoms with E-state index in [1.165, 1.54) is 18.2 Å². The molecule has 6 heteroatoms. The third-order valence-corrected chi connectivity index (χ3v) is 4.45. The second-order valence-corrected chi connectivity index (χ2v) is 5.60. The zero-order chi connectivity index (χ0) is 14.7. The van der Waals surface area contributed by atoms with Gasteiger partial charge in [-0.15, -0.1) is 0 Å². The van der Waals surface area contributed by atoms with Crippen molar-refractivity contribution < 1.29 is 4.39 Å². The molecule has 0 spiro atoms. The molecule has 0 atom stereocenters. The van der Waals surface area contributed by atoms with Crippen LogP contribution in [0.25, 0.3) is 0 Å². The minimum atomic E-state index is -0.379. The van der Waals surface area contributed by atoms with Crippen molar-refractivity contribution in [2.24, 2.45) is 0 Å². The largest absolute Gasteiger partial charge is 0.380 e. The molecule has 2 rings (SSSR count). The SMILES string of the molecule is N#Cc1ccc(F)c(CNc2ccc(Br)c(Cl)c2Cl)c1. The summed E-state index contributed by atoms with van der Waals surface area (Å²) in [5, 5.41) is 12.6. The first-order chi connectivity index (χ1) is 9.52. The first kappa shape index (κ1) is 15.1. The number of benzene rings is 2.